The van der Waals surface area contributed by atoms with Crippen LogP contribution in [0.2, 0.25) is 0 Å². The lowest BCUT2D eigenvalue weighted by Gasteiger charge is -2.16. The molecule has 1 atom stereocenters. The van der Waals surface area contributed by atoms with Crippen molar-refractivity contribution < 1.29 is 9.18 Å². The van der Waals surface area contributed by atoms with Gasteiger partial charge in [-0.2, -0.15) is 4.39 Å². The fourth-order valence-corrected chi connectivity index (χ4v) is 1.59. The molecule has 0 aromatic carbocycles. The summed E-state index contributed by atoms with van der Waals surface area (Å²) in [7, 11) is 0. The number of hydrogen-bond acceptors (Lipinski definition) is 3. The molecule has 1 aromatic heterocycles. The molecular weight excluding hydrogens is 221 g/mol. The van der Waals surface area contributed by atoms with Crippen LogP contribution < -0.4 is 11.1 Å². The molecule has 0 aliphatic heterocycles. The maximum atomic E-state index is 12.8. The minimum Gasteiger partial charge on any atom is -0.330 e. The molecule has 94 valence electrons. The molecule has 1 amide bonds. The average molecular weight is 239 g/mol. The van der Waals surface area contributed by atoms with Gasteiger partial charge in [0.1, 0.15) is 5.82 Å². The van der Waals surface area contributed by atoms with Gasteiger partial charge in [-0.3, -0.25) is 4.79 Å². The van der Waals surface area contributed by atoms with E-state index in [-0.39, 0.29) is 24.2 Å². The van der Waals surface area contributed by atoms with Crippen LogP contribution >= 0.6 is 0 Å². The number of rotatable bonds is 5. The van der Waals surface area contributed by atoms with E-state index in [1.54, 1.807) is 6.07 Å². The lowest BCUT2D eigenvalue weighted by Crippen LogP contribution is -2.30. The van der Waals surface area contributed by atoms with Gasteiger partial charge < -0.3 is 11.1 Å². The van der Waals surface area contributed by atoms with Crippen LogP contribution in [0.15, 0.2) is 18.2 Å². The van der Waals surface area contributed by atoms with Crippen molar-refractivity contribution in [3.63, 3.8) is 0 Å². The summed E-state index contributed by atoms with van der Waals surface area (Å²) in [5, 5.41) is 2.57. The van der Waals surface area contributed by atoms with Crippen molar-refractivity contribution in [1.82, 2.24) is 4.98 Å². The van der Waals surface area contributed by atoms with Crippen LogP contribution in [0.4, 0.5) is 10.2 Å². The lowest BCUT2D eigenvalue weighted by molar-refractivity contribution is -0.120. The number of anilines is 1. The SMILES string of the molecule is CC(C)CC(CN)C(=O)Nc1cccc(F)n1. The molecule has 1 rings (SSSR count). The maximum Gasteiger partial charge on any atom is 0.229 e. The highest BCUT2D eigenvalue weighted by molar-refractivity contribution is 5.91. The number of hydrogen-bond donors (Lipinski definition) is 2. The third-order valence-electron chi connectivity index (χ3n) is 2.38. The molecule has 0 spiro atoms. The highest BCUT2D eigenvalue weighted by atomic mass is 19.1. The summed E-state index contributed by atoms with van der Waals surface area (Å²) < 4.78 is 12.8. The summed E-state index contributed by atoms with van der Waals surface area (Å²) in [6.07, 6.45) is 0.706. The number of nitrogens with two attached hydrogens (primary N) is 1. The topological polar surface area (TPSA) is 68.0 Å². The Bertz CT molecular complexity index is 382. The van der Waals surface area contributed by atoms with Gasteiger partial charge in [0.25, 0.3) is 0 Å². The van der Waals surface area contributed by atoms with Gasteiger partial charge in [-0.1, -0.05) is 19.9 Å². The van der Waals surface area contributed by atoms with Crippen LogP contribution in [0.1, 0.15) is 20.3 Å². The minimum atomic E-state index is -0.615. The molecule has 0 radical (unpaired) electrons. The number of carbonyl (C=O) groups excluding carboxylic acids is 1. The Morgan fingerprint density at radius 1 is 1.53 bits per heavy atom. The fraction of sp³-hybridized carbons (Fsp3) is 0.500. The Kier molecular flexibility index (Phi) is 5.03. The average Bonchev–Trinajstić information content (AvgIpc) is 2.25. The predicted octanol–water partition coefficient (Wildman–Crippen LogP) is 1.78. The zero-order valence-electron chi connectivity index (χ0n) is 10.1. The van der Waals surface area contributed by atoms with Crippen molar-refractivity contribution in [2.75, 3.05) is 11.9 Å². The van der Waals surface area contributed by atoms with Gasteiger partial charge in [0.05, 0.1) is 5.92 Å². The molecule has 0 fully saturated rings. The van der Waals surface area contributed by atoms with Gasteiger partial charge in [-0.25, -0.2) is 4.98 Å². The van der Waals surface area contributed by atoms with E-state index < -0.39 is 5.95 Å². The zero-order chi connectivity index (χ0) is 12.8. The summed E-state index contributed by atoms with van der Waals surface area (Å²) in [5.74, 6) is -0.484. The molecule has 1 unspecified atom stereocenters. The highest BCUT2D eigenvalue weighted by Crippen LogP contribution is 2.13. The van der Waals surface area contributed by atoms with E-state index in [0.717, 1.165) is 0 Å². The van der Waals surface area contributed by atoms with E-state index >= 15 is 0 Å². The Balaban J connectivity index is 2.64. The van der Waals surface area contributed by atoms with Crippen LogP contribution in [-0.4, -0.2) is 17.4 Å². The van der Waals surface area contributed by atoms with Crippen LogP contribution in [0, 0.1) is 17.8 Å². The van der Waals surface area contributed by atoms with Gasteiger partial charge in [0.2, 0.25) is 11.9 Å². The second kappa shape index (κ2) is 6.30. The summed E-state index contributed by atoms with van der Waals surface area (Å²) >= 11 is 0. The Labute approximate surface area is 100 Å². The van der Waals surface area contributed by atoms with E-state index in [9.17, 15) is 9.18 Å². The number of aromatic nitrogens is 1. The molecule has 0 aliphatic carbocycles. The van der Waals surface area contributed by atoms with E-state index in [4.69, 9.17) is 5.73 Å². The van der Waals surface area contributed by atoms with Crippen molar-refractivity contribution in [1.29, 1.82) is 0 Å². The van der Waals surface area contributed by atoms with E-state index in [2.05, 4.69) is 10.3 Å². The van der Waals surface area contributed by atoms with E-state index in [0.29, 0.717) is 12.3 Å². The summed E-state index contributed by atoms with van der Waals surface area (Å²) in [6.45, 7) is 4.33. The number of amides is 1. The highest BCUT2D eigenvalue weighted by Gasteiger charge is 2.18. The van der Waals surface area contributed by atoms with Crippen molar-refractivity contribution in [3.05, 3.63) is 24.1 Å². The first-order chi connectivity index (χ1) is 8.02. The van der Waals surface area contributed by atoms with Crippen LogP contribution in [0.3, 0.4) is 0 Å². The predicted molar refractivity (Wildman–Crippen MR) is 64.8 cm³/mol. The molecular formula is C12H18FN3O. The summed E-state index contributed by atoms with van der Waals surface area (Å²) in [6, 6.07) is 4.27. The van der Waals surface area contributed by atoms with Crippen LogP contribution in [0.25, 0.3) is 0 Å². The molecule has 17 heavy (non-hydrogen) atoms. The molecule has 5 heteroatoms. The van der Waals surface area contributed by atoms with Gasteiger partial charge in [-0.05, 0) is 24.5 Å². The molecule has 0 bridgehead atoms. The van der Waals surface area contributed by atoms with Gasteiger partial charge in [0, 0.05) is 6.54 Å². The minimum absolute atomic E-state index is 0.209. The van der Waals surface area contributed by atoms with Gasteiger partial charge in [0.15, 0.2) is 0 Å². The standard InChI is InChI=1S/C12H18FN3O/c1-8(2)6-9(7-14)12(17)16-11-5-3-4-10(13)15-11/h3-5,8-9H,6-7,14H2,1-2H3,(H,15,16,17). The second-order valence-corrected chi connectivity index (χ2v) is 4.40. The van der Waals surface area contributed by atoms with Gasteiger partial charge >= 0.3 is 0 Å². The summed E-state index contributed by atoms with van der Waals surface area (Å²) in [4.78, 5) is 15.4. The molecule has 0 aliphatic rings. The monoisotopic (exact) mass is 239 g/mol. The maximum absolute atomic E-state index is 12.8. The number of carbonyl (C=O) groups is 1. The van der Waals surface area contributed by atoms with Crippen molar-refractivity contribution in [3.8, 4) is 0 Å². The Morgan fingerprint density at radius 3 is 2.76 bits per heavy atom. The largest absolute Gasteiger partial charge is 0.330 e. The molecule has 0 saturated carbocycles. The van der Waals surface area contributed by atoms with E-state index in [1.165, 1.54) is 12.1 Å². The van der Waals surface area contributed by atoms with Crippen LogP contribution in [-0.2, 0) is 4.79 Å². The number of halogens is 1. The first-order valence-corrected chi connectivity index (χ1v) is 5.66. The Hall–Kier alpha value is -1.49. The normalized spacial score (nSPS) is 12.5. The first-order valence-electron chi connectivity index (χ1n) is 5.66. The molecule has 1 aromatic rings. The molecule has 0 saturated heterocycles. The zero-order valence-corrected chi connectivity index (χ0v) is 10.1. The molecule has 1 heterocycles. The third kappa shape index (κ3) is 4.48. The molecule has 3 N–H and O–H groups in total. The van der Waals surface area contributed by atoms with Crippen molar-refractivity contribution in [2.24, 2.45) is 17.6 Å². The lowest BCUT2D eigenvalue weighted by atomic mass is 9.96. The fourth-order valence-electron chi connectivity index (χ4n) is 1.59. The number of nitrogens with zero attached hydrogens (tertiary/aromatic N) is 1. The van der Waals surface area contributed by atoms with Gasteiger partial charge in [-0.15, -0.1) is 0 Å². The molecule has 4 nitrogen and oxygen atoms in total. The summed E-state index contributed by atoms with van der Waals surface area (Å²) in [5.41, 5.74) is 5.55. The second-order valence-electron chi connectivity index (χ2n) is 4.40. The van der Waals surface area contributed by atoms with Crippen molar-refractivity contribution in [2.45, 2.75) is 20.3 Å². The van der Waals surface area contributed by atoms with Crippen molar-refractivity contribution >= 4 is 11.7 Å². The smallest absolute Gasteiger partial charge is 0.229 e. The first kappa shape index (κ1) is 13.6. The van der Waals surface area contributed by atoms with E-state index in [1.807, 2.05) is 13.8 Å². The Morgan fingerprint density at radius 2 is 2.24 bits per heavy atom. The third-order valence-corrected chi connectivity index (χ3v) is 2.38. The van der Waals surface area contributed by atoms with Crippen LogP contribution in [0.5, 0.6) is 0 Å². The number of nitrogens with one attached hydrogen (secondary N) is 1. The number of pyridine rings is 1. The quantitative estimate of drug-likeness (QED) is 0.770.